The van der Waals surface area contributed by atoms with E-state index in [4.69, 9.17) is 15.2 Å². The highest BCUT2D eigenvalue weighted by atomic mass is 16.5. The van der Waals surface area contributed by atoms with Crippen LogP contribution in [0.4, 0.5) is 0 Å². The van der Waals surface area contributed by atoms with Gasteiger partial charge in [-0.05, 0) is 38.0 Å². The highest BCUT2D eigenvalue weighted by Gasteiger charge is 2.31. The van der Waals surface area contributed by atoms with Gasteiger partial charge in [-0.15, -0.1) is 0 Å². The van der Waals surface area contributed by atoms with Gasteiger partial charge in [0.15, 0.2) is 11.5 Å². The third kappa shape index (κ3) is 4.86. The quantitative estimate of drug-likeness (QED) is 0.733. The molecule has 0 saturated carbocycles. The summed E-state index contributed by atoms with van der Waals surface area (Å²) >= 11 is 0. The predicted octanol–water partition coefficient (Wildman–Crippen LogP) is 2.62. The molecule has 0 bridgehead atoms. The van der Waals surface area contributed by atoms with Gasteiger partial charge in [-0.25, -0.2) is 0 Å². The molecule has 5 nitrogen and oxygen atoms in total. The van der Waals surface area contributed by atoms with E-state index in [1.807, 2.05) is 32.0 Å². The normalized spacial score (nSPS) is 12.6. The average molecular weight is 322 g/mol. The van der Waals surface area contributed by atoms with Gasteiger partial charge in [0.2, 0.25) is 5.91 Å². The molecular formula is C18H30N2O3. The van der Waals surface area contributed by atoms with Crippen LogP contribution in [0, 0.1) is 0 Å². The Morgan fingerprint density at radius 1 is 1.26 bits per heavy atom. The van der Waals surface area contributed by atoms with Crippen molar-refractivity contribution in [2.45, 2.75) is 51.5 Å². The molecule has 0 aromatic heterocycles. The van der Waals surface area contributed by atoms with Crippen LogP contribution in [0.3, 0.4) is 0 Å². The summed E-state index contributed by atoms with van der Waals surface area (Å²) in [6.45, 7) is 6.38. The molecule has 0 aliphatic heterocycles. The van der Waals surface area contributed by atoms with Gasteiger partial charge in [0.1, 0.15) is 0 Å². The molecule has 0 saturated heterocycles. The largest absolute Gasteiger partial charge is 0.493 e. The Morgan fingerprint density at radius 2 is 1.91 bits per heavy atom. The van der Waals surface area contributed by atoms with Crippen LogP contribution in [0.15, 0.2) is 18.2 Å². The zero-order chi connectivity index (χ0) is 17.5. The predicted molar refractivity (Wildman–Crippen MR) is 93.1 cm³/mol. The molecule has 5 heteroatoms. The topological polar surface area (TPSA) is 73.6 Å². The molecule has 1 atom stereocenters. The maximum absolute atomic E-state index is 12.7. The monoisotopic (exact) mass is 322 g/mol. The van der Waals surface area contributed by atoms with Crippen molar-refractivity contribution in [3.63, 3.8) is 0 Å². The van der Waals surface area contributed by atoms with E-state index in [1.165, 1.54) is 0 Å². The Labute approximate surface area is 139 Å². The molecule has 23 heavy (non-hydrogen) atoms. The van der Waals surface area contributed by atoms with Crippen LogP contribution < -0.4 is 20.5 Å². The lowest BCUT2D eigenvalue weighted by Gasteiger charge is -2.28. The van der Waals surface area contributed by atoms with Crippen LogP contribution in [0.5, 0.6) is 11.5 Å². The maximum atomic E-state index is 12.7. The number of benzene rings is 1. The second-order valence-electron chi connectivity index (χ2n) is 6.24. The highest BCUT2D eigenvalue weighted by molar-refractivity contribution is 5.87. The molecule has 0 heterocycles. The number of rotatable bonds is 9. The smallest absolute Gasteiger partial charge is 0.230 e. The molecule has 1 rings (SSSR count). The minimum Gasteiger partial charge on any atom is -0.493 e. The minimum atomic E-state index is -0.681. The van der Waals surface area contributed by atoms with E-state index in [0.717, 1.165) is 24.8 Å². The van der Waals surface area contributed by atoms with Crippen LogP contribution in [0.1, 0.15) is 45.6 Å². The lowest BCUT2D eigenvalue weighted by Crippen LogP contribution is -2.47. The van der Waals surface area contributed by atoms with E-state index in [1.54, 1.807) is 14.2 Å². The van der Waals surface area contributed by atoms with E-state index < -0.39 is 5.41 Å². The molecule has 0 fully saturated rings. The molecule has 1 aromatic carbocycles. The highest BCUT2D eigenvalue weighted by Crippen LogP contribution is 2.33. The van der Waals surface area contributed by atoms with E-state index in [0.29, 0.717) is 18.0 Å². The van der Waals surface area contributed by atoms with Crippen molar-refractivity contribution in [2.75, 3.05) is 20.8 Å². The SMILES string of the molecule is CCCCC(CN)NC(=O)C(C)(C)c1ccc(OC)c(OC)c1. The summed E-state index contributed by atoms with van der Waals surface area (Å²) in [6.07, 6.45) is 3.05. The molecule has 3 N–H and O–H groups in total. The van der Waals surface area contributed by atoms with Gasteiger partial charge in [-0.3, -0.25) is 4.79 Å². The minimum absolute atomic E-state index is 0.0156. The average Bonchev–Trinajstić information content (AvgIpc) is 2.57. The van der Waals surface area contributed by atoms with Crippen LogP contribution in [0.2, 0.25) is 0 Å². The molecule has 0 aliphatic rings. The van der Waals surface area contributed by atoms with E-state index in [9.17, 15) is 4.79 Å². The van der Waals surface area contributed by atoms with Crippen LogP contribution in [0.25, 0.3) is 0 Å². The first-order valence-electron chi connectivity index (χ1n) is 8.14. The van der Waals surface area contributed by atoms with Gasteiger partial charge < -0.3 is 20.5 Å². The number of nitrogens with one attached hydrogen (secondary N) is 1. The summed E-state index contributed by atoms with van der Waals surface area (Å²) in [5.41, 5.74) is 5.97. The Hall–Kier alpha value is -1.75. The second kappa shape index (κ2) is 8.77. The summed E-state index contributed by atoms with van der Waals surface area (Å²) in [5, 5.41) is 3.07. The second-order valence-corrected chi connectivity index (χ2v) is 6.24. The van der Waals surface area contributed by atoms with Crippen LogP contribution in [-0.4, -0.2) is 32.7 Å². The Morgan fingerprint density at radius 3 is 2.43 bits per heavy atom. The zero-order valence-corrected chi connectivity index (χ0v) is 14.9. The zero-order valence-electron chi connectivity index (χ0n) is 14.9. The number of amides is 1. The third-order valence-electron chi connectivity index (χ3n) is 4.20. The van der Waals surface area contributed by atoms with Gasteiger partial charge in [-0.2, -0.15) is 0 Å². The van der Waals surface area contributed by atoms with Gasteiger partial charge in [0.05, 0.1) is 19.6 Å². The number of hydrogen-bond acceptors (Lipinski definition) is 4. The van der Waals surface area contributed by atoms with Gasteiger partial charge in [0, 0.05) is 12.6 Å². The van der Waals surface area contributed by atoms with Crippen molar-refractivity contribution >= 4 is 5.91 Å². The summed E-state index contributed by atoms with van der Waals surface area (Å²) in [6, 6.07) is 5.58. The molecule has 0 spiro atoms. The fraction of sp³-hybridized carbons (Fsp3) is 0.611. The van der Waals surface area contributed by atoms with Crippen molar-refractivity contribution in [1.29, 1.82) is 0 Å². The summed E-state index contributed by atoms with van der Waals surface area (Å²) in [5.74, 6) is 1.23. The van der Waals surface area contributed by atoms with E-state index >= 15 is 0 Å². The molecular weight excluding hydrogens is 292 g/mol. The number of ether oxygens (including phenoxy) is 2. The first-order chi connectivity index (χ1) is 10.9. The van der Waals surface area contributed by atoms with Crippen molar-refractivity contribution in [2.24, 2.45) is 5.73 Å². The molecule has 1 amide bonds. The summed E-state index contributed by atoms with van der Waals surface area (Å²) in [7, 11) is 3.18. The van der Waals surface area contributed by atoms with Gasteiger partial charge in [0.25, 0.3) is 0 Å². The van der Waals surface area contributed by atoms with Crippen LogP contribution >= 0.6 is 0 Å². The Balaban J connectivity index is 2.93. The number of unbranched alkanes of at least 4 members (excludes halogenated alkanes) is 1. The van der Waals surface area contributed by atoms with Gasteiger partial charge >= 0.3 is 0 Å². The van der Waals surface area contributed by atoms with Crippen LogP contribution in [-0.2, 0) is 10.2 Å². The molecule has 0 radical (unpaired) electrons. The first kappa shape index (κ1) is 19.3. The van der Waals surface area contributed by atoms with E-state index in [2.05, 4.69) is 12.2 Å². The summed E-state index contributed by atoms with van der Waals surface area (Å²) in [4.78, 5) is 12.7. The standard InChI is InChI=1S/C18H30N2O3/c1-6-7-8-14(12-19)20-17(21)18(2,3)13-9-10-15(22-4)16(11-13)23-5/h9-11,14H,6-8,12,19H2,1-5H3,(H,20,21). The van der Waals surface area contributed by atoms with Crippen molar-refractivity contribution in [3.05, 3.63) is 23.8 Å². The van der Waals surface area contributed by atoms with Crippen molar-refractivity contribution < 1.29 is 14.3 Å². The van der Waals surface area contributed by atoms with Gasteiger partial charge in [-0.1, -0.05) is 25.8 Å². The molecule has 1 unspecified atom stereocenters. The molecule has 1 aromatic rings. The Kier molecular flexibility index (Phi) is 7.36. The number of carbonyl (C=O) groups is 1. The summed E-state index contributed by atoms with van der Waals surface area (Å²) < 4.78 is 10.6. The number of nitrogens with two attached hydrogens (primary N) is 1. The number of hydrogen-bond donors (Lipinski definition) is 2. The van der Waals surface area contributed by atoms with Crippen molar-refractivity contribution in [1.82, 2.24) is 5.32 Å². The fourth-order valence-corrected chi connectivity index (χ4v) is 2.42. The molecule has 0 aliphatic carbocycles. The first-order valence-corrected chi connectivity index (χ1v) is 8.14. The fourth-order valence-electron chi connectivity index (χ4n) is 2.42. The molecule has 130 valence electrons. The van der Waals surface area contributed by atoms with E-state index in [-0.39, 0.29) is 11.9 Å². The number of carbonyl (C=O) groups excluding carboxylic acids is 1. The van der Waals surface area contributed by atoms with Crippen molar-refractivity contribution in [3.8, 4) is 11.5 Å². The lowest BCUT2D eigenvalue weighted by molar-refractivity contribution is -0.126. The Bertz CT molecular complexity index is 515. The maximum Gasteiger partial charge on any atom is 0.230 e. The number of methoxy groups -OCH3 is 2. The third-order valence-corrected chi connectivity index (χ3v) is 4.20. The lowest BCUT2D eigenvalue weighted by atomic mass is 9.83.